The van der Waals surface area contributed by atoms with E-state index in [2.05, 4.69) is 84.0 Å². The normalized spacial score (nSPS) is 12.2. The van der Waals surface area contributed by atoms with Crippen molar-refractivity contribution in [1.82, 2.24) is 0 Å². The summed E-state index contributed by atoms with van der Waals surface area (Å²) in [7, 11) is 0. The van der Waals surface area contributed by atoms with Gasteiger partial charge in [-0.15, -0.1) is 0 Å². The molecule has 0 heteroatoms. The second-order valence-corrected chi connectivity index (χ2v) is 7.71. The van der Waals surface area contributed by atoms with E-state index in [1.807, 2.05) is 0 Å². The second kappa shape index (κ2) is 6.00. The number of fused-ring (bicyclic) bond motifs is 2. The summed E-state index contributed by atoms with van der Waals surface area (Å²) in [6, 6.07) is 16.3. The molecule has 0 aliphatic heterocycles. The van der Waals surface area contributed by atoms with Gasteiger partial charge in [-0.05, 0) is 68.1 Å². The molecule has 0 fully saturated rings. The fraction of sp³-hybridized carbons (Fsp3) is 0.391. The zero-order chi connectivity index (χ0) is 16.7. The molecular formula is C23H28. The highest BCUT2D eigenvalue weighted by Gasteiger charge is 2.14. The molecular weight excluding hydrogens is 276 g/mol. The summed E-state index contributed by atoms with van der Waals surface area (Å²) in [6.45, 7) is 13.7. The highest BCUT2D eigenvalue weighted by molar-refractivity contribution is 6.00. The van der Waals surface area contributed by atoms with Crippen molar-refractivity contribution in [1.29, 1.82) is 0 Å². The largest absolute Gasteiger partial charge is 0.0587 e. The molecule has 3 aromatic rings. The fourth-order valence-electron chi connectivity index (χ4n) is 3.64. The molecule has 0 N–H and O–H groups in total. The molecule has 0 atom stereocenters. The SMILES string of the molecule is CC(C)c1ccc2cc3c(C(C)C)c(C(C)C)ccc3cc2c1. The first-order chi connectivity index (χ1) is 10.9. The molecule has 120 valence electrons. The predicted molar refractivity (Wildman–Crippen MR) is 104 cm³/mol. The van der Waals surface area contributed by atoms with E-state index in [-0.39, 0.29) is 0 Å². The summed E-state index contributed by atoms with van der Waals surface area (Å²) in [5, 5.41) is 5.50. The third kappa shape index (κ3) is 2.87. The van der Waals surface area contributed by atoms with E-state index in [0.29, 0.717) is 17.8 Å². The van der Waals surface area contributed by atoms with Crippen LogP contribution in [0.1, 0.15) is 76.0 Å². The lowest BCUT2D eigenvalue weighted by Crippen LogP contribution is -2.00. The zero-order valence-electron chi connectivity index (χ0n) is 15.3. The highest BCUT2D eigenvalue weighted by Crippen LogP contribution is 2.35. The first kappa shape index (κ1) is 16.1. The van der Waals surface area contributed by atoms with Crippen molar-refractivity contribution >= 4 is 21.5 Å². The number of hydrogen-bond donors (Lipinski definition) is 0. The zero-order valence-corrected chi connectivity index (χ0v) is 15.3. The van der Waals surface area contributed by atoms with Gasteiger partial charge in [-0.1, -0.05) is 71.9 Å². The van der Waals surface area contributed by atoms with Gasteiger partial charge in [0.1, 0.15) is 0 Å². The van der Waals surface area contributed by atoms with Crippen molar-refractivity contribution in [2.45, 2.75) is 59.3 Å². The number of hydrogen-bond acceptors (Lipinski definition) is 0. The molecule has 0 bridgehead atoms. The molecule has 0 aliphatic rings. The van der Waals surface area contributed by atoms with Gasteiger partial charge in [-0.2, -0.15) is 0 Å². The maximum atomic E-state index is 2.40. The average molecular weight is 304 g/mol. The Hall–Kier alpha value is -1.82. The summed E-state index contributed by atoms with van der Waals surface area (Å²) in [4.78, 5) is 0. The quantitative estimate of drug-likeness (QED) is 0.443. The van der Waals surface area contributed by atoms with Crippen LogP contribution in [0.5, 0.6) is 0 Å². The Morgan fingerprint density at radius 3 is 1.87 bits per heavy atom. The van der Waals surface area contributed by atoms with Crippen LogP contribution in [0.3, 0.4) is 0 Å². The topological polar surface area (TPSA) is 0 Å². The molecule has 23 heavy (non-hydrogen) atoms. The van der Waals surface area contributed by atoms with Crippen molar-refractivity contribution < 1.29 is 0 Å². The van der Waals surface area contributed by atoms with Crippen LogP contribution in [0.15, 0.2) is 42.5 Å². The van der Waals surface area contributed by atoms with Crippen LogP contribution < -0.4 is 0 Å². The van der Waals surface area contributed by atoms with Crippen molar-refractivity contribution in [3.63, 3.8) is 0 Å². The summed E-state index contributed by atoms with van der Waals surface area (Å²) >= 11 is 0. The Morgan fingerprint density at radius 1 is 0.565 bits per heavy atom. The summed E-state index contributed by atoms with van der Waals surface area (Å²) in [6.07, 6.45) is 0. The van der Waals surface area contributed by atoms with Gasteiger partial charge in [0.25, 0.3) is 0 Å². The van der Waals surface area contributed by atoms with Gasteiger partial charge in [-0.3, -0.25) is 0 Å². The van der Waals surface area contributed by atoms with E-state index in [1.165, 1.54) is 38.2 Å². The Kier molecular flexibility index (Phi) is 4.19. The Balaban J connectivity index is 2.33. The lowest BCUT2D eigenvalue weighted by atomic mass is 9.85. The smallest absolute Gasteiger partial charge is 0.0140 e. The first-order valence-electron chi connectivity index (χ1n) is 8.88. The minimum absolute atomic E-state index is 0.545. The van der Waals surface area contributed by atoms with Gasteiger partial charge in [0, 0.05) is 0 Å². The molecule has 0 spiro atoms. The van der Waals surface area contributed by atoms with Gasteiger partial charge in [0.05, 0.1) is 0 Å². The van der Waals surface area contributed by atoms with E-state index in [1.54, 1.807) is 0 Å². The molecule has 3 aromatic carbocycles. The molecule has 0 aromatic heterocycles. The minimum atomic E-state index is 0.545. The molecule has 0 amide bonds. The number of benzene rings is 3. The summed E-state index contributed by atoms with van der Waals surface area (Å²) in [5.41, 5.74) is 4.43. The third-order valence-corrected chi connectivity index (χ3v) is 4.94. The molecule has 3 rings (SSSR count). The first-order valence-corrected chi connectivity index (χ1v) is 8.88. The Morgan fingerprint density at radius 2 is 1.26 bits per heavy atom. The van der Waals surface area contributed by atoms with Crippen LogP contribution >= 0.6 is 0 Å². The lowest BCUT2D eigenvalue weighted by Gasteiger charge is -2.19. The van der Waals surface area contributed by atoms with E-state index in [9.17, 15) is 0 Å². The Labute approximate surface area is 140 Å². The van der Waals surface area contributed by atoms with Gasteiger partial charge in [0.15, 0.2) is 0 Å². The highest BCUT2D eigenvalue weighted by atomic mass is 14.2. The van der Waals surface area contributed by atoms with Gasteiger partial charge in [0.2, 0.25) is 0 Å². The van der Waals surface area contributed by atoms with Crippen LogP contribution in [0.25, 0.3) is 21.5 Å². The van der Waals surface area contributed by atoms with E-state index < -0.39 is 0 Å². The maximum Gasteiger partial charge on any atom is -0.0140 e. The van der Waals surface area contributed by atoms with Gasteiger partial charge >= 0.3 is 0 Å². The monoisotopic (exact) mass is 304 g/mol. The van der Waals surface area contributed by atoms with Crippen molar-refractivity contribution in [2.75, 3.05) is 0 Å². The van der Waals surface area contributed by atoms with E-state index in [0.717, 1.165) is 0 Å². The van der Waals surface area contributed by atoms with Crippen LogP contribution in [-0.2, 0) is 0 Å². The van der Waals surface area contributed by atoms with Crippen LogP contribution in [0, 0.1) is 0 Å². The van der Waals surface area contributed by atoms with E-state index >= 15 is 0 Å². The van der Waals surface area contributed by atoms with Crippen molar-refractivity contribution in [3.05, 3.63) is 59.2 Å². The molecule has 0 saturated carbocycles. The third-order valence-electron chi connectivity index (χ3n) is 4.94. The van der Waals surface area contributed by atoms with Gasteiger partial charge < -0.3 is 0 Å². The number of rotatable bonds is 3. The molecule has 0 heterocycles. The summed E-state index contributed by atoms with van der Waals surface area (Å²) in [5.74, 6) is 1.68. The summed E-state index contributed by atoms with van der Waals surface area (Å²) < 4.78 is 0. The van der Waals surface area contributed by atoms with E-state index in [4.69, 9.17) is 0 Å². The molecule has 0 aliphatic carbocycles. The predicted octanol–water partition coefficient (Wildman–Crippen LogP) is 7.36. The van der Waals surface area contributed by atoms with Crippen LogP contribution in [0.4, 0.5) is 0 Å². The van der Waals surface area contributed by atoms with Crippen molar-refractivity contribution in [3.8, 4) is 0 Å². The van der Waals surface area contributed by atoms with Gasteiger partial charge in [-0.25, -0.2) is 0 Å². The fourth-order valence-corrected chi connectivity index (χ4v) is 3.64. The molecule has 0 unspecified atom stereocenters. The van der Waals surface area contributed by atoms with Crippen LogP contribution in [0.2, 0.25) is 0 Å². The minimum Gasteiger partial charge on any atom is -0.0587 e. The molecule has 0 nitrogen and oxygen atoms in total. The van der Waals surface area contributed by atoms with Crippen molar-refractivity contribution in [2.24, 2.45) is 0 Å². The average Bonchev–Trinajstić information content (AvgIpc) is 2.50. The Bertz CT molecular complexity index is 851. The maximum absolute atomic E-state index is 2.40. The molecule has 0 saturated heterocycles. The molecule has 0 radical (unpaired) electrons. The standard InChI is InChI=1S/C23H28/c1-14(2)17-7-8-18-13-22-19(12-20(18)11-17)9-10-21(15(3)4)23(22)16(5)6/h7-16H,1-6H3. The second-order valence-electron chi connectivity index (χ2n) is 7.71. The lowest BCUT2D eigenvalue weighted by molar-refractivity contribution is 0.798. The van der Waals surface area contributed by atoms with Crippen LogP contribution in [-0.4, -0.2) is 0 Å².